The summed E-state index contributed by atoms with van der Waals surface area (Å²) in [4.78, 5) is 11.6. The Morgan fingerprint density at radius 1 is 1.53 bits per heavy atom. The molecule has 0 saturated carbocycles. The zero-order chi connectivity index (χ0) is 13.1. The molecule has 96 valence electrons. The maximum atomic E-state index is 11.6. The van der Waals surface area contributed by atoms with Gasteiger partial charge in [-0.25, -0.2) is 13.2 Å². The number of rotatable bonds is 5. The van der Waals surface area contributed by atoms with Gasteiger partial charge >= 0.3 is 5.97 Å². The third-order valence-corrected chi connectivity index (χ3v) is 3.97. The van der Waals surface area contributed by atoms with Crippen molar-refractivity contribution in [3.05, 3.63) is 18.0 Å². The van der Waals surface area contributed by atoms with Crippen LogP contribution in [-0.2, 0) is 21.6 Å². The van der Waals surface area contributed by atoms with Crippen LogP contribution in [0.1, 0.15) is 17.4 Å². The molecule has 1 rings (SSSR count). The Morgan fingerprint density at radius 3 is 2.65 bits per heavy atom. The molecular weight excluding hydrogens is 244 g/mol. The molecule has 1 heterocycles. The normalized spacial score (nSPS) is 11.4. The largest absolute Gasteiger partial charge is 0.460 e. The zero-order valence-corrected chi connectivity index (χ0v) is 10.7. The first-order valence-electron chi connectivity index (χ1n) is 5.15. The Morgan fingerprint density at radius 2 is 2.18 bits per heavy atom. The molecule has 0 aliphatic heterocycles. The maximum Gasteiger partial charge on any atom is 0.355 e. The predicted octanol–water partition coefficient (Wildman–Crippen LogP) is 0.199. The molecule has 6 nitrogen and oxygen atoms in total. The Kier molecular flexibility index (Phi) is 4.17. The van der Waals surface area contributed by atoms with E-state index in [4.69, 9.17) is 10.5 Å². The van der Waals surface area contributed by atoms with E-state index in [0.717, 1.165) is 0 Å². The van der Waals surface area contributed by atoms with Crippen LogP contribution in [0.5, 0.6) is 0 Å². The van der Waals surface area contributed by atoms with E-state index in [9.17, 15) is 13.2 Å². The van der Waals surface area contributed by atoms with E-state index in [1.165, 1.54) is 10.6 Å². The van der Waals surface area contributed by atoms with Crippen LogP contribution in [0.15, 0.2) is 12.3 Å². The minimum atomic E-state index is -3.11. The molecule has 0 aromatic carbocycles. The van der Waals surface area contributed by atoms with Crippen molar-refractivity contribution in [2.24, 2.45) is 7.05 Å². The molecule has 0 aliphatic carbocycles. The summed E-state index contributed by atoms with van der Waals surface area (Å²) in [6, 6.07) is 1.48. The number of sulfone groups is 1. The average Bonchev–Trinajstić information content (AvgIpc) is 2.57. The van der Waals surface area contributed by atoms with Crippen LogP contribution in [0.4, 0.5) is 5.69 Å². The second-order valence-corrected chi connectivity index (χ2v) is 6.11. The van der Waals surface area contributed by atoms with E-state index in [2.05, 4.69) is 0 Å². The smallest absolute Gasteiger partial charge is 0.355 e. The van der Waals surface area contributed by atoms with Gasteiger partial charge in [0.05, 0.1) is 11.4 Å². The van der Waals surface area contributed by atoms with E-state index in [0.29, 0.717) is 11.4 Å². The quantitative estimate of drug-likeness (QED) is 0.763. The highest BCUT2D eigenvalue weighted by molar-refractivity contribution is 7.91. The van der Waals surface area contributed by atoms with Gasteiger partial charge in [0, 0.05) is 19.0 Å². The second kappa shape index (κ2) is 5.22. The lowest BCUT2D eigenvalue weighted by atomic mass is 10.4. The SMILES string of the molecule is CCS(=O)(=O)CCOC(=O)c1cc(N)cn1C. The summed E-state index contributed by atoms with van der Waals surface area (Å²) < 4.78 is 28.7. The summed E-state index contributed by atoms with van der Waals surface area (Å²) >= 11 is 0. The van der Waals surface area contributed by atoms with Crippen LogP contribution < -0.4 is 5.73 Å². The molecule has 0 fully saturated rings. The highest BCUT2D eigenvalue weighted by Crippen LogP contribution is 2.09. The van der Waals surface area contributed by atoms with Crippen molar-refractivity contribution < 1.29 is 17.9 Å². The first-order chi connectivity index (χ1) is 7.85. The number of aromatic nitrogens is 1. The number of hydrogen-bond donors (Lipinski definition) is 1. The van der Waals surface area contributed by atoms with Crippen LogP contribution in [-0.4, -0.2) is 37.1 Å². The van der Waals surface area contributed by atoms with Gasteiger partial charge in [0.1, 0.15) is 12.3 Å². The Bertz CT molecular complexity index is 504. The molecule has 0 radical (unpaired) electrons. The van der Waals surface area contributed by atoms with Gasteiger partial charge in [-0.05, 0) is 6.07 Å². The van der Waals surface area contributed by atoms with Crippen molar-refractivity contribution in [3.8, 4) is 0 Å². The number of hydrogen-bond acceptors (Lipinski definition) is 5. The molecule has 1 aromatic heterocycles. The van der Waals surface area contributed by atoms with E-state index < -0.39 is 15.8 Å². The minimum absolute atomic E-state index is 0.0433. The highest BCUT2D eigenvalue weighted by atomic mass is 32.2. The van der Waals surface area contributed by atoms with Crippen LogP contribution in [0.3, 0.4) is 0 Å². The Balaban J connectivity index is 2.54. The van der Waals surface area contributed by atoms with Crippen molar-refractivity contribution in [2.45, 2.75) is 6.92 Å². The van der Waals surface area contributed by atoms with Gasteiger partial charge in [-0.3, -0.25) is 0 Å². The third-order valence-electron chi connectivity index (χ3n) is 2.30. The molecule has 0 saturated heterocycles. The van der Waals surface area contributed by atoms with Crippen molar-refractivity contribution in [1.29, 1.82) is 0 Å². The minimum Gasteiger partial charge on any atom is -0.460 e. The van der Waals surface area contributed by atoms with Gasteiger partial charge < -0.3 is 15.0 Å². The molecule has 1 aromatic rings. The first kappa shape index (κ1) is 13.6. The summed E-state index contributed by atoms with van der Waals surface area (Å²) in [5.74, 6) is -0.688. The summed E-state index contributed by atoms with van der Waals surface area (Å²) in [5.41, 5.74) is 6.27. The molecule has 0 aliphatic rings. The molecule has 7 heteroatoms. The number of carbonyl (C=O) groups is 1. The van der Waals surface area contributed by atoms with Crippen molar-refractivity contribution in [2.75, 3.05) is 23.8 Å². The molecule has 17 heavy (non-hydrogen) atoms. The van der Waals surface area contributed by atoms with E-state index in [-0.39, 0.29) is 18.1 Å². The van der Waals surface area contributed by atoms with Gasteiger partial charge in [-0.15, -0.1) is 0 Å². The molecule has 0 bridgehead atoms. The number of nitrogen functional groups attached to an aromatic ring is 1. The highest BCUT2D eigenvalue weighted by Gasteiger charge is 2.14. The lowest BCUT2D eigenvalue weighted by Crippen LogP contribution is -2.18. The number of nitrogens with two attached hydrogens (primary N) is 1. The number of anilines is 1. The predicted molar refractivity (Wildman–Crippen MR) is 64.4 cm³/mol. The fourth-order valence-electron chi connectivity index (χ4n) is 1.27. The standard InChI is InChI=1S/C10H16N2O4S/c1-3-17(14,15)5-4-16-10(13)9-6-8(11)7-12(9)2/h6-7H,3-5,11H2,1-2H3. The lowest BCUT2D eigenvalue weighted by Gasteiger charge is -2.05. The fourth-order valence-corrected chi connectivity index (χ4v) is 1.90. The van der Waals surface area contributed by atoms with Crippen LogP contribution in [0, 0.1) is 0 Å². The van der Waals surface area contributed by atoms with Crippen LogP contribution in [0.25, 0.3) is 0 Å². The van der Waals surface area contributed by atoms with Crippen molar-refractivity contribution in [3.63, 3.8) is 0 Å². The number of carbonyl (C=O) groups excluding carboxylic acids is 1. The summed E-state index contributed by atoms with van der Waals surface area (Å²) in [7, 11) is -1.45. The number of ether oxygens (including phenoxy) is 1. The number of esters is 1. The number of nitrogens with zero attached hydrogens (tertiary/aromatic N) is 1. The molecular formula is C10H16N2O4S. The van der Waals surface area contributed by atoms with Gasteiger partial charge in [0.2, 0.25) is 0 Å². The third kappa shape index (κ3) is 3.77. The van der Waals surface area contributed by atoms with Gasteiger partial charge in [-0.2, -0.15) is 0 Å². The van der Waals surface area contributed by atoms with Crippen LogP contribution >= 0.6 is 0 Å². The molecule has 0 atom stereocenters. The van der Waals surface area contributed by atoms with E-state index in [1.807, 2.05) is 0 Å². The molecule has 0 unspecified atom stereocenters. The van der Waals surface area contributed by atoms with E-state index in [1.54, 1.807) is 20.2 Å². The van der Waals surface area contributed by atoms with Gasteiger partial charge in [0.25, 0.3) is 0 Å². The van der Waals surface area contributed by atoms with E-state index >= 15 is 0 Å². The number of aryl methyl sites for hydroxylation is 1. The molecule has 2 N–H and O–H groups in total. The maximum absolute atomic E-state index is 11.6. The fraction of sp³-hybridized carbons (Fsp3) is 0.500. The van der Waals surface area contributed by atoms with Crippen molar-refractivity contribution >= 4 is 21.5 Å². The zero-order valence-electron chi connectivity index (χ0n) is 9.84. The average molecular weight is 260 g/mol. The molecule has 0 amide bonds. The summed E-state index contributed by atoms with van der Waals surface area (Å²) in [6.45, 7) is 1.41. The Labute approximate surface area is 100 Å². The Hall–Kier alpha value is -1.50. The summed E-state index contributed by atoms with van der Waals surface area (Å²) in [5, 5.41) is 0. The lowest BCUT2D eigenvalue weighted by molar-refractivity contribution is 0.0518. The van der Waals surface area contributed by atoms with Crippen molar-refractivity contribution in [1.82, 2.24) is 4.57 Å². The molecule has 0 spiro atoms. The van der Waals surface area contributed by atoms with Gasteiger partial charge in [-0.1, -0.05) is 6.92 Å². The topological polar surface area (TPSA) is 91.4 Å². The monoisotopic (exact) mass is 260 g/mol. The van der Waals surface area contributed by atoms with Crippen LogP contribution in [0.2, 0.25) is 0 Å². The first-order valence-corrected chi connectivity index (χ1v) is 6.97. The van der Waals surface area contributed by atoms with Gasteiger partial charge in [0.15, 0.2) is 9.84 Å². The summed E-state index contributed by atoms with van der Waals surface area (Å²) in [6.07, 6.45) is 1.58. The second-order valence-electron chi connectivity index (χ2n) is 3.64.